The van der Waals surface area contributed by atoms with Crippen molar-refractivity contribution in [2.45, 2.75) is 13.3 Å². The summed E-state index contributed by atoms with van der Waals surface area (Å²) in [6.07, 6.45) is 8.49. The predicted octanol–water partition coefficient (Wildman–Crippen LogP) is 2.12. The van der Waals surface area contributed by atoms with Crippen LogP contribution in [0.25, 0.3) is 6.08 Å². The molecule has 12 heavy (non-hydrogen) atoms. The molecule has 0 aliphatic heterocycles. The maximum Gasteiger partial charge on any atom is 0.0812 e. The Bertz CT molecular complexity index is 271. The first-order chi connectivity index (χ1) is 5.83. The Hall–Kier alpha value is -0.830. The molecule has 1 heterocycles. The molecule has 0 atom stereocenters. The fraction of sp³-hybridized carbons (Fsp3) is 0.333. The van der Waals surface area contributed by atoms with Crippen molar-refractivity contribution in [2.75, 3.05) is 5.75 Å². The van der Waals surface area contributed by atoms with Gasteiger partial charge in [-0.15, -0.1) is 0 Å². The van der Waals surface area contributed by atoms with E-state index >= 15 is 0 Å². The first-order valence-electron chi connectivity index (χ1n) is 3.89. The second-order valence-electron chi connectivity index (χ2n) is 2.50. The van der Waals surface area contributed by atoms with Crippen LogP contribution in [0, 0.1) is 6.92 Å². The predicted molar refractivity (Wildman–Crippen MR) is 54.3 cm³/mol. The molecule has 3 heteroatoms. The van der Waals surface area contributed by atoms with Crippen molar-refractivity contribution in [3.05, 3.63) is 29.9 Å². The van der Waals surface area contributed by atoms with Crippen LogP contribution in [0.5, 0.6) is 0 Å². The molecule has 1 aromatic heterocycles. The Balaban J connectivity index is 2.63. The topological polar surface area (TPSA) is 25.8 Å². The monoisotopic (exact) mass is 180 g/mol. The van der Waals surface area contributed by atoms with E-state index in [-0.39, 0.29) is 0 Å². The fourth-order valence-electron chi connectivity index (χ4n) is 0.842. The van der Waals surface area contributed by atoms with Crippen molar-refractivity contribution in [2.24, 2.45) is 0 Å². The first-order valence-corrected chi connectivity index (χ1v) is 4.52. The third-order valence-corrected chi connectivity index (χ3v) is 1.62. The van der Waals surface area contributed by atoms with E-state index in [1.807, 2.05) is 13.0 Å². The van der Waals surface area contributed by atoms with Crippen molar-refractivity contribution >= 4 is 18.7 Å². The van der Waals surface area contributed by atoms with Crippen LogP contribution in [0.2, 0.25) is 0 Å². The second-order valence-corrected chi connectivity index (χ2v) is 2.95. The van der Waals surface area contributed by atoms with Gasteiger partial charge in [-0.1, -0.05) is 6.08 Å². The van der Waals surface area contributed by atoms with E-state index in [0.717, 1.165) is 23.6 Å². The number of rotatable bonds is 3. The standard InChI is InChI=1S/C9H12N2S/c1-8-6-10-7-9(11-8)4-2-3-5-12/h2,4,6-7,12H,3,5H2,1H3. The molecule has 0 aliphatic carbocycles. The number of allylic oxidation sites excluding steroid dienone is 1. The van der Waals surface area contributed by atoms with Crippen LogP contribution >= 0.6 is 12.6 Å². The lowest BCUT2D eigenvalue weighted by Crippen LogP contribution is -1.86. The van der Waals surface area contributed by atoms with Gasteiger partial charge in [-0.25, -0.2) is 0 Å². The van der Waals surface area contributed by atoms with Crippen LogP contribution in [0.4, 0.5) is 0 Å². The van der Waals surface area contributed by atoms with E-state index < -0.39 is 0 Å². The molecule has 64 valence electrons. The van der Waals surface area contributed by atoms with E-state index in [0.29, 0.717) is 0 Å². The van der Waals surface area contributed by atoms with Crippen molar-refractivity contribution in [1.82, 2.24) is 9.97 Å². The summed E-state index contributed by atoms with van der Waals surface area (Å²) in [7, 11) is 0. The Morgan fingerprint density at radius 1 is 1.50 bits per heavy atom. The molecule has 1 rings (SSSR count). The van der Waals surface area contributed by atoms with Crippen molar-refractivity contribution in [3.63, 3.8) is 0 Å². The smallest absolute Gasteiger partial charge is 0.0812 e. The normalized spacial score (nSPS) is 10.8. The summed E-state index contributed by atoms with van der Waals surface area (Å²) < 4.78 is 0. The second kappa shape index (κ2) is 4.93. The summed E-state index contributed by atoms with van der Waals surface area (Å²) in [4.78, 5) is 8.30. The largest absolute Gasteiger partial charge is 0.261 e. The van der Waals surface area contributed by atoms with Crippen LogP contribution in [0.3, 0.4) is 0 Å². The molecule has 0 fully saturated rings. The van der Waals surface area contributed by atoms with Gasteiger partial charge < -0.3 is 0 Å². The van der Waals surface area contributed by atoms with E-state index in [1.54, 1.807) is 12.4 Å². The average Bonchev–Trinajstić information content (AvgIpc) is 2.05. The van der Waals surface area contributed by atoms with Gasteiger partial charge in [-0.2, -0.15) is 12.6 Å². The van der Waals surface area contributed by atoms with Crippen molar-refractivity contribution < 1.29 is 0 Å². The van der Waals surface area contributed by atoms with Crippen LogP contribution < -0.4 is 0 Å². The van der Waals surface area contributed by atoms with Crippen LogP contribution in [-0.4, -0.2) is 15.7 Å². The summed E-state index contributed by atoms with van der Waals surface area (Å²) in [5.41, 5.74) is 1.86. The number of aromatic nitrogens is 2. The molecule has 0 unspecified atom stereocenters. The molecule has 0 saturated carbocycles. The van der Waals surface area contributed by atoms with Crippen LogP contribution in [0.15, 0.2) is 18.5 Å². The molecule has 0 N–H and O–H groups in total. The lowest BCUT2D eigenvalue weighted by molar-refractivity contribution is 1.10. The number of aryl methyl sites for hydroxylation is 1. The SMILES string of the molecule is Cc1cncc(C=CCCS)n1. The van der Waals surface area contributed by atoms with Crippen molar-refractivity contribution in [3.8, 4) is 0 Å². The Morgan fingerprint density at radius 3 is 3.00 bits per heavy atom. The Labute approximate surface area is 78.2 Å². The molecule has 0 aliphatic rings. The number of hydrogen-bond acceptors (Lipinski definition) is 3. The van der Waals surface area contributed by atoms with Gasteiger partial charge in [0.1, 0.15) is 0 Å². The van der Waals surface area contributed by atoms with E-state index in [1.165, 1.54) is 0 Å². The fourth-order valence-corrected chi connectivity index (χ4v) is 0.991. The minimum atomic E-state index is 0.871. The Morgan fingerprint density at radius 2 is 2.33 bits per heavy atom. The minimum Gasteiger partial charge on any atom is -0.261 e. The molecule has 1 aromatic rings. The van der Waals surface area contributed by atoms with Gasteiger partial charge in [0.25, 0.3) is 0 Å². The van der Waals surface area contributed by atoms with Gasteiger partial charge in [-0.3, -0.25) is 9.97 Å². The number of nitrogens with zero attached hydrogens (tertiary/aromatic N) is 2. The van der Waals surface area contributed by atoms with Gasteiger partial charge >= 0.3 is 0 Å². The van der Waals surface area contributed by atoms with Gasteiger partial charge in [0.05, 0.1) is 17.6 Å². The van der Waals surface area contributed by atoms with Crippen LogP contribution in [0.1, 0.15) is 17.8 Å². The van der Waals surface area contributed by atoms with Gasteiger partial charge in [0.15, 0.2) is 0 Å². The Kier molecular flexibility index (Phi) is 3.80. The summed E-state index contributed by atoms with van der Waals surface area (Å²) in [5.74, 6) is 0.871. The van der Waals surface area contributed by atoms with Crippen LogP contribution in [-0.2, 0) is 0 Å². The molecule has 0 bridgehead atoms. The lowest BCUT2D eigenvalue weighted by Gasteiger charge is -1.93. The summed E-state index contributed by atoms with van der Waals surface area (Å²) in [6, 6.07) is 0. The highest BCUT2D eigenvalue weighted by Crippen LogP contribution is 1.98. The first kappa shape index (κ1) is 9.26. The highest BCUT2D eigenvalue weighted by atomic mass is 32.1. The molecule has 0 radical (unpaired) electrons. The zero-order valence-corrected chi connectivity index (χ0v) is 7.96. The number of hydrogen-bond donors (Lipinski definition) is 1. The quantitative estimate of drug-likeness (QED) is 0.721. The maximum atomic E-state index is 4.27. The van der Waals surface area contributed by atoms with Gasteiger partial charge in [0.2, 0.25) is 0 Å². The molecular weight excluding hydrogens is 168 g/mol. The van der Waals surface area contributed by atoms with Crippen molar-refractivity contribution in [1.29, 1.82) is 0 Å². The molecular formula is C9H12N2S. The molecule has 0 aromatic carbocycles. The highest BCUT2D eigenvalue weighted by molar-refractivity contribution is 7.80. The number of thiol groups is 1. The molecule has 0 amide bonds. The summed E-state index contributed by atoms with van der Waals surface area (Å²) in [6.45, 7) is 1.93. The highest BCUT2D eigenvalue weighted by Gasteiger charge is 1.88. The molecule has 0 spiro atoms. The zero-order chi connectivity index (χ0) is 8.81. The van der Waals surface area contributed by atoms with Gasteiger partial charge in [0, 0.05) is 6.20 Å². The van der Waals surface area contributed by atoms with E-state index in [4.69, 9.17) is 0 Å². The molecule has 2 nitrogen and oxygen atoms in total. The third-order valence-electron chi connectivity index (χ3n) is 1.36. The third kappa shape index (κ3) is 3.05. The average molecular weight is 180 g/mol. The van der Waals surface area contributed by atoms with E-state index in [9.17, 15) is 0 Å². The maximum absolute atomic E-state index is 4.27. The van der Waals surface area contributed by atoms with Gasteiger partial charge in [-0.05, 0) is 25.2 Å². The lowest BCUT2D eigenvalue weighted by atomic mass is 10.3. The van der Waals surface area contributed by atoms with E-state index in [2.05, 4.69) is 28.7 Å². The molecule has 0 saturated heterocycles. The summed E-state index contributed by atoms with van der Waals surface area (Å²) >= 11 is 4.10. The zero-order valence-electron chi connectivity index (χ0n) is 7.07. The minimum absolute atomic E-state index is 0.871. The summed E-state index contributed by atoms with van der Waals surface area (Å²) in [5, 5.41) is 0.